The van der Waals surface area contributed by atoms with Crippen molar-refractivity contribution in [1.29, 1.82) is 0 Å². The van der Waals surface area contributed by atoms with Crippen LogP contribution in [0.15, 0.2) is 121 Å². The van der Waals surface area contributed by atoms with Crippen molar-refractivity contribution in [3.8, 4) is 0 Å². The molecule has 3 heteroatoms. The van der Waals surface area contributed by atoms with Crippen molar-refractivity contribution >= 4 is 35.9 Å². The van der Waals surface area contributed by atoms with Crippen LogP contribution in [0.5, 0.6) is 0 Å². The molecule has 0 nitrogen and oxygen atoms in total. The Morgan fingerprint density at radius 1 is 0.680 bits per heavy atom. The van der Waals surface area contributed by atoms with E-state index < -0.39 is 0 Å². The van der Waals surface area contributed by atoms with E-state index in [2.05, 4.69) is 184 Å². The first kappa shape index (κ1) is 39.8. The Bertz CT molecular complexity index is 2010. The molecule has 3 aliphatic carbocycles. The monoisotopic (exact) mass is 772 g/mol. The average Bonchev–Trinajstić information content (AvgIpc) is 3.81. The molecule has 0 saturated heterocycles. The molecule has 50 heavy (non-hydrogen) atoms. The minimum absolute atomic E-state index is 0. The van der Waals surface area contributed by atoms with Gasteiger partial charge in [0.05, 0.1) is 0 Å². The molecule has 0 aliphatic heterocycles. The van der Waals surface area contributed by atoms with E-state index in [1.807, 2.05) is 0 Å². The second-order valence-corrected chi connectivity index (χ2v) is 17.0. The van der Waals surface area contributed by atoms with Crippen molar-refractivity contribution < 1.29 is 49.0 Å². The van der Waals surface area contributed by atoms with Gasteiger partial charge in [-0.15, -0.1) is 46.2 Å². The summed E-state index contributed by atoms with van der Waals surface area (Å²) in [5.41, 5.74) is 13.3. The predicted octanol–water partition coefficient (Wildman–Crippen LogP) is 6.63. The second-order valence-electron chi connectivity index (χ2n) is 15.8. The molecule has 8 rings (SSSR count). The van der Waals surface area contributed by atoms with Crippen LogP contribution in [-0.2, 0) is 35.1 Å². The summed E-state index contributed by atoms with van der Waals surface area (Å²) in [6, 6.07) is 33.2. The SMILES string of the molecule is CC(C)(C)C1=CC[C-]=C1.CC1=CC(C)(C)c2cc3[cH-]c4cc5c(cc4c3cc21)C(C)=CC5(C)C.[Cl-].[Cl-].[Zr+2]=[C](c1ccccc1)c1ccccc1. The quantitative estimate of drug-likeness (QED) is 0.177. The Morgan fingerprint density at radius 3 is 1.44 bits per heavy atom. The zero-order valence-electron chi connectivity index (χ0n) is 30.9. The van der Waals surface area contributed by atoms with Crippen LogP contribution in [0.25, 0.3) is 32.7 Å². The first-order valence-corrected chi connectivity index (χ1v) is 18.5. The van der Waals surface area contributed by atoms with Gasteiger partial charge in [0.2, 0.25) is 0 Å². The Labute approximate surface area is 328 Å². The van der Waals surface area contributed by atoms with Crippen LogP contribution >= 0.6 is 0 Å². The van der Waals surface area contributed by atoms with E-state index in [1.54, 1.807) is 0 Å². The van der Waals surface area contributed by atoms with Crippen LogP contribution in [0.2, 0.25) is 0 Å². The number of hydrogen-bond acceptors (Lipinski definition) is 0. The van der Waals surface area contributed by atoms with E-state index in [0.29, 0.717) is 5.41 Å². The molecule has 0 N–H and O–H groups in total. The van der Waals surface area contributed by atoms with Crippen molar-refractivity contribution in [2.45, 2.75) is 79.6 Å². The fourth-order valence-corrected chi connectivity index (χ4v) is 8.33. The standard InChI is InChI=1S/C25H25.C13H10.C9H13.2ClH.Zr/c1-14-12-24(3,4)22-8-16-7-17-9-23-19(15(2)13-25(23,5)6)11-21(17)20(16)10-18(14)22;1-3-7-12(8-4-1)11-13-9-5-2-6-10-13;1-9(2,3)8-6-4-5-7-8;;;/h7-13H,1-6H3;1-10H;6-7H,4H2,1-3H3;2*1H;/q-1;;-1;;;+2/p-2. The molecule has 0 saturated carbocycles. The van der Waals surface area contributed by atoms with Gasteiger partial charge in [-0.25, -0.2) is 6.08 Å². The molecular formula is C47H48Cl2Zr-2. The van der Waals surface area contributed by atoms with E-state index in [-0.39, 0.29) is 35.6 Å². The van der Waals surface area contributed by atoms with Crippen LogP contribution in [0.4, 0.5) is 0 Å². The molecule has 0 aromatic heterocycles. The Hall–Kier alpha value is -2.96. The first-order chi connectivity index (χ1) is 22.7. The van der Waals surface area contributed by atoms with Gasteiger partial charge in [0, 0.05) is 10.8 Å². The van der Waals surface area contributed by atoms with Gasteiger partial charge in [-0.2, -0.15) is 11.6 Å². The number of allylic oxidation sites excluding steroid dienone is 8. The molecule has 0 atom stereocenters. The summed E-state index contributed by atoms with van der Waals surface area (Å²) in [5.74, 6) is 0. The summed E-state index contributed by atoms with van der Waals surface area (Å²) < 4.78 is 1.42. The molecule has 5 aromatic rings. The summed E-state index contributed by atoms with van der Waals surface area (Å²) in [6.45, 7) is 20.5. The van der Waals surface area contributed by atoms with Crippen LogP contribution in [-0.4, -0.2) is 3.21 Å². The maximum absolute atomic E-state index is 3.16. The zero-order chi connectivity index (χ0) is 34.4. The third kappa shape index (κ3) is 8.07. The van der Waals surface area contributed by atoms with Crippen molar-refractivity contribution in [2.75, 3.05) is 0 Å². The van der Waals surface area contributed by atoms with Crippen LogP contribution in [0, 0.1) is 11.5 Å². The van der Waals surface area contributed by atoms with E-state index in [4.69, 9.17) is 0 Å². The van der Waals surface area contributed by atoms with Gasteiger partial charge >= 0.3 is 99.2 Å². The fraction of sp³-hybridized carbons (Fsp3) is 0.277. The number of hydrogen-bond donors (Lipinski definition) is 0. The second kappa shape index (κ2) is 15.3. The van der Waals surface area contributed by atoms with Crippen molar-refractivity contribution in [3.05, 3.63) is 160 Å². The maximum atomic E-state index is 3.16. The predicted molar refractivity (Wildman–Crippen MR) is 206 cm³/mol. The third-order valence-electron chi connectivity index (χ3n) is 10.1. The molecule has 0 heterocycles. The van der Waals surface area contributed by atoms with Gasteiger partial charge in [-0.05, 0) is 36.1 Å². The molecular weight excluding hydrogens is 727 g/mol. The van der Waals surface area contributed by atoms with Crippen LogP contribution in [0.3, 0.4) is 0 Å². The van der Waals surface area contributed by atoms with Crippen molar-refractivity contribution in [3.63, 3.8) is 0 Å². The summed E-state index contributed by atoms with van der Waals surface area (Å²) >= 11 is 1.46. The molecule has 0 radical (unpaired) electrons. The van der Waals surface area contributed by atoms with Gasteiger partial charge in [-0.3, -0.25) is 6.08 Å². The summed E-state index contributed by atoms with van der Waals surface area (Å²) in [6.07, 6.45) is 13.3. The van der Waals surface area contributed by atoms with Crippen LogP contribution in [0.1, 0.15) is 102 Å². The molecule has 3 aliphatic rings. The van der Waals surface area contributed by atoms with Gasteiger partial charge in [0.15, 0.2) is 0 Å². The Kier molecular flexibility index (Phi) is 12.2. The average molecular weight is 775 g/mol. The van der Waals surface area contributed by atoms with E-state index in [0.717, 1.165) is 6.42 Å². The van der Waals surface area contributed by atoms with E-state index in [9.17, 15) is 0 Å². The molecule has 0 fully saturated rings. The molecule has 0 spiro atoms. The number of benzene rings is 4. The van der Waals surface area contributed by atoms with E-state index >= 15 is 0 Å². The molecule has 0 bridgehead atoms. The number of rotatable bonds is 2. The number of fused-ring (bicyclic) bond motifs is 5. The summed E-state index contributed by atoms with van der Waals surface area (Å²) in [5, 5.41) is 5.57. The Balaban J connectivity index is 0.000000190. The molecule has 256 valence electrons. The summed E-state index contributed by atoms with van der Waals surface area (Å²) in [7, 11) is 0. The number of halogens is 2. The van der Waals surface area contributed by atoms with Gasteiger partial charge in [0.25, 0.3) is 0 Å². The van der Waals surface area contributed by atoms with Crippen molar-refractivity contribution in [2.24, 2.45) is 5.41 Å². The molecule has 5 aromatic carbocycles. The minimum atomic E-state index is 0. The Morgan fingerprint density at radius 2 is 1.10 bits per heavy atom. The van der Waals surface area contributed by atoms with Crippen LogP contribution < -0.4 is 24.8 Å². The molecule has 0 amide bonds. The third-order valence-corrected chi connectivity index (χ3v) is 11.5. The normalized spacial score (nSPS) is 16.0. The molecule has 0 unspecified atom stereocenters. The summed E-state index contributed by atoms with van der Waals surface area (Å²) in [4.78, 5) is 0. The van der Waals surface area contributed by atoms with Crippen molar-refractivity contribution in [1.82, 2.24) is 0 Å². The zero-order valence-corrected chi connectivity index (χ0v) is 34.9. The topological polar surface area (TPSA) is 0 Å². The van der Waals surface area contributed by atoms with E-state index in [1.165, 1.54) is 99.1 Å². The van der Waals surface area contributed by atoms with Gasteiger partial charge in [-0.1, -0.05) is 89.3 Å². The first-order valence-electron chi connectivity index (χ1n) is 17.2. The fourth-order valence-electron chi connectivity index (χ4n) is 7.51. The van der Waals surface area contributed by atoms with Gasteiger partial charge in [0.1, 0.15) is 0 Å². The van der Waals surface area contributed by atoms with Gasteiger partial charge < -0.3 is 24.8 Å².